The highest BCUT2D eigenvalue weighted by molar-refractivity contribution is 5.85. The molecule has 0 atom stereocenters. The van der Waals surface area contributed by atoms with E-state index in [4.69, 9.17) is 5.73 Å². The van der Waals surface area contributed by atoms with Crippen LogP contribution in [0.25, 0.3) is 0 Å². The van der Waals surface area contributed by atoms with E-state index in [9.17, 15) is 0 Å². The van der Waals surface area contributed by atoms with E-state index in [2.05, 4.69) is 32.0 Å². The molecule has 0 aliphatic carbocycles. The average Bonchev–Trinajstić information content (AvgIpc) is 2.04. The maximum absolute atomic E-state index is 5.63. The summed E-state index contributed by atoms with van der Waals surface area (Å²) in [4.78, 5) is 0. The molecule has 0 aliphatic heterocycles. The second-order valence-electron chi connectivity index (χ2n) is 2.77. The summed E-state index contributed by atoms with van der Waals surface area (Å²) in [7, 11) is 0. The van der Waals surface area contributed by atoms with E-state index in [1.54, 1.807) is 0 Å². The van der Waals surface area contributed by atoms with Crippen molar-refractivity contribution in [3.8, 4) is 0 Å². The first-order chi connectivity index (χ1) is 5.29. The Morgan fingerprint density at radius 2 is 2.00 bits per heavy atom. The molecule has 1 nitrogen and oxygen atoms in total. The van der Waals surface area contributed by atoms with Gasteiger partial charge in [-0.05, 0) is 30.0 Å². The van der Waals surface area contributed by atoms with E-state index in [-0.39, 0.29) is 12.4 Å². The Morgan fingerprint density at radius 1 is 1.33 bits per heavy atom. The minimum Gasteiger partial charge on any atom is -0.326 e. The van der Waals surface area contributed by atoms with Crippen molar-refractivity contribution in [2.75, 3.05) is 0 Å². The zero-order valence-electron chi connectivity index (χ0n) is 7.63. The molecule has 68 valence electrons. The number of rotatable bonds is 2. The van der Waals surface area contributed by atoms with Gasteiger partial charge in [0.2, 0.25) is 0 Å². The van der Waals surface area contributed by atoms with E-state index in [0.29, 0.717) is 6.54 Å². The van der Waals surface area contributed by atoms with Gasteiger partial charge < -0.3 is 5.73 Å². The van der Waals surface area contributed by atoms with E-state index in [1.807, 2.05) is 0 Å². The van der Waals surface area contributed by atoms with Gasteiger partial charge in [0.25, 0.3) is 0 Å². The van der Waals surface area contributed by atoms with Crippen LogP contribution in [0, 0.1) is 6.92 Å². The molecule has 0 amide bonds. The topological polar surface area (TPSA) is 26.0 Å². The standard InChI is InChI=1S/C10H15N.ClH/c1-3-9-6-4-5-8(2)10(9)7-11;/h4-6H,3,7,11H2,1-2H3;1H. The molecule has 0 aromatic heterocycles. The summed E-state index contributed by atoms with van der Waals surface area (Å²) in [5, 5.41) is 0. The van der Waals surface area contributed by atoms with E-state index >= 15 is 0 Å². The van der Waals surface area contributed by atoms with Gasteiger partial charge in [0.1, 0.15) is 0 Å². The third-order valence-electron chi connectivity index (χ3n) is 2.09. The molecule has 2 N–H and O–H groups in total. The van der Waals surface area contributed by atoms with Crippen LogP contribution in [0.5, 0.6) is 0 Å². The van der Waals surface area contributed by atoms with Crippen molar-refractivity contribution in [3.63, 3.8) is 0 Å². The highest BCUT2D eigenvalue weighted by Crippen LogP contribution is 2.13. The summed E-state index contributed by atoms with van der Waals surface area (Å²) in [5.74, 6) is 0. The molecule has 1 rings (SSSR count). The number of halogens is 1. The highest BCUT2D eigenvalue weighted by atomic mass is 35.5. The molecule has 0 aliphatic rings. The predicted molar refractivity (Wildman–Crippen MR) is 55.7 cm³/mol. The number of aryl methyl sites for hydroxylation is 2. The van der Waals surface area contributed by atoms with Crippen LogP contribution < -0.4 is 5.73 Å². The minimum atomic E-state index is 0. The Balaban J connectivity index is 0.00000121. The number of nitrogens with two attached hydrogens (primary N) is 1. The Labute approximate surface area is 80.4 Å². The summed E-state index contributed by atoms with van der Waals surface area (Å²) < 4.78 is 0. The maximum Gasteiger partial charge on any atom is 0.0183 e. The minimum absolute atomic E-state index is 0. The summed E-state index contributed by atoms with van der Waals surface area (Å²) in [6.07, 6.45) is 1.08. The van der Waals surface area contributed by atoms with E-state index < -0.39 is 0 Å². The van der Waals surface area contributed by atoms with Gasteiger partial charge in [-0.2, -0.15) is 0 Å². The lowest BCUT2D eigenvalue weighted by atomic mass is 10.0. The maximum atomic E-state index is 5.63. The van der Waals surface area contributed by atoms with Crippen LogP contribution in [0.2, 0.25) is 0 Å². The molecular formula is C10H16ClN. The first-order valence-electron chi connectivity index (χ1n) is 4.07. The molecular weight excluding hydrogens is 170 g/mol. The summed E-state index contributed by atoms with van der Waals surface area (Å²) in [6.45, 7) is 4.94. The Morgan fingerprint density at radius 3 is 2.42 bits per heavy atom. The van der Waals surface area contributed by atoms with Gasteiger partial charge >= 0.3 is 0 Å². The largest absolute Gasteiger partial charge is 0.326 e. The molecule has 0 saturated heterocycles. The van der Waals surface area contributed by atoms with Crippen LogP contribution in [-0.2, 0) is 13.0 Å². The van der Waals surface area contributed by atoms with Crippen LogP contribution >= 0.6 is 12.4 Å². The zero-order valence-corrected chi connectivity index (χ0v) is 8.45. The van der Waals surface area contributed by atoms with Gasteiger partial charge in [0.05, 0.1) is 0 Å². The Hall–Kier alpha value is -0.530. The molecule has 0 saturated carbocycles. The molecule has 0 heterocycles. The fraction of sp³-hybridized carbons (Fsp3) is 0.400. The second kappa shape index (κ2) is 5.18. The molecule has 0 fully saturated rings. The van der Waals surface area contributed by atoms with Crippen LogP contribution in [0.4, 0.5) is 0 Å². The lowest BCUT2D eigenvalue weighted by Gasteiger charge is -2.07. The van der Waals surface area contributed by atoms with Crippen molar-refractivity contribution in [3.05, 3.63) is 34.9 Å². The van der Waals surface area contributed by atoms with Crippen LogP contribution in [0.3, 0.4) is 0 Å². The Kier molecular flexibility index (Phi) is 4.95. The summed E-state index contributed by atoms with van der Waals surface area (Å²) >= 11 is 0. The van der Waals surface area contributed by atoms with Crippen molar-refractivity contribution < 1.29 is 0 Å². The first kappa shape index (κ1) is 11.5. The molecule has 1 aromatic rings. The first-order valence-corrected chi connectivity index (χ1v) is 4.07. The number of hydrogen-bond acceptors (Lipinski definition) is 1. The van der Waals surface area contributed by atoms with E-state index in [1.165, 1.54) is 16.7 Å². The number of hydrogen-bond donors (Lipinski definition) is 1. The zero-order chi connectivity index (χ0) is 8.27. The van der Waals surface area contributed by atoms with Gasteiger partial charge in [0, 0.05) is 6.54 Å². The SMILES string of the molecule is CCc1cccc(C)c1CN.Cl. The highest BCUT2D eigenvalue weighted by Gasteiger charge is 1.99. The fourth-order valence-corrected chi connectivity index (χ4v) is 1.39. The summed E-state index contributed by atoms with van der Waals surface area (Å²) in [6, 6.07) is 6.35. The fourth-order valence-electron chi connectivity index (χ4n) is 1.39. The number of benzene rings is 1. The van der Waals surface area contributed by atoms with Crippen LogP contribution in [0.1, 0.15) is 23.6 Å². The summed E-state index contributed by atoms with van der Waals surface area (Å²) in [5.41, 5.74) is 9.64. The van der Waals surface area contributed by atoms with Crippen molar-refractivity contribution in [1.82, 2.24) is 0 Å². The van der Waals surface area contributed by atoms with Gasteiger partial charge in [-0.1, -0.05) is 25.1 Å². The van der Waals surface area contributed by atoms with Gasteiger partial charge in [-0.3, -0.25) is 0 Å². The third-order valence-corrected chi connectivity index (χ3v) is 2.09. The Bertz CT molecular complexity index is 246. The third kappa shape index (κ3) is 2.23. The van der Waals surface area contributed by atoms with Crippen molar-refractivity contribution in [2.45, 2.75) is 26.8 Å². The molecule has 1 aromatic carbocycles. The molecule has 0 spiro atoms. The van der Waals surface area contributed by atoms with Crippen molar-refractivity contribution in [2.24, 2.45) is 5.73 Å². The van der Waals surface area contributed by atoms with Gasteiger partial charge in [0.15, 0.2) is 0 Å². The van der Waals surface area contributed by atoms with Crippen molar-refractivity contribution >= 4 is 12.4 Å². The predicted octanol–water partition coefficient (Wildman–Crippen LogP) is 2.44. The second-order valence-corrected chi connectivity index (χ2v) is 2.77. The van der Waals surface area contributed by atoms with Crippen LogP contribution in [0.15, 0.2) is 18.2 Å². The van der Waals surface area contributed by atoms with Crippen LogP contribution in [-0.4, -0.2) is 0 Å². The smallest absolute Gasteiger partial charge is 0.0183 e. The quantitative estimate of drug-likeness (QED) is 0.753. The monoisotopic (exact) mass is 185 g/mol. The normalized spacial score (nSPS) is 9.25. The average molecular weight is 186 g/mol. The lowest BCUT2D eigenvalue weighted by molar-refractivity contribution is 0.986. The molecule has 0 unspecified atom stereocenters. The van der Waals surface area contributed by atoms with Gasteiger partial charge in [-0.15, -0.1) is 12.4 Å². The molecule has 0 radical (unpaired) electrons. The molecule has 2 heteroatoms. The van der Waals surface area contributed by atoms with E-state index in [0.717, 1.165) is 6.42 Å². The molecule has 12 heavy (non-hydrogen) atoms. The van der Waals surface area contributed by atoms with Crippen molar-refractivity contribution in [1.29, 1.82) is 0 Å². The van der Waals surface area contributed by atoms with Gasteiger partial charge in [-0.25, -0.2) is 0 Å². The lowest BCUT2D eigenvalue weighted by Crippen LogP contribution is -2.03. The molecule has 0 bridgehead atoms.